The molecule has 1 N–H and O–H groups in total. The maximum atomic E-state index is 3.60. The van der Waals surface area contributed by atoms with E-state index in [1.807, 2.05) is 11.8 Å². The summed E-state index contributed by atoms with van der Waals surface area (Å²) in [7, 11) is 0. The fraction of sp³-hybridized carbons (Fsp3) is 0.571. The Hall–Kier alpha value is -0.670. The molecule has 1 heterocycles. The standard InChI is InChI=1S/C14H22N2S/c1-11-9-15-14(2,3)10-16(11)12-7-5-6-8-13(12)17-4/h5-8,11,15H,9-10H2,1-4H3. The molecule has 1 aliphatic rings. The van der Waals surface area contributed by atoms with Gasteiger partial charge in [0, 0.05) is 29.6 Å². The van der Waals surface area contributed by atoms with E-state index in [9.17, 15) is 0 Å². The molecule has 0 aromatic heterocycles. The smallest absolute Gasteiger partial charge is 0.0507 e. The first-order chi connectivity index (χ1) is 8.03. The number of anilines is 1. The number of thioether (sulfide) groups is 1. The molecule has 1 aromatic rings. The Morgan fingerprint density at radius 2 is 2.06 bits per heavy atom. The van der Waals surface area contributed by atoms with E-state index in [1.54, 1.807) is 0 Å². The van der Waals surface area contributed by atoms with Crippen molar-refractivity contribution >= 4 is 17.4 Å². The molecule has 3 heteroatoms. The second-order valence-corrected chi connectivity index (χ2v) is 6.26. The Kier molecular flexibility index (Phi) is 3.69. The maximum Gasteiger partial charge on any atom is 0.0507 e. The van der Waals surface area contributed by atoms with Crippen LogP contribution in [0.2, 0.25) is 0 Å². The molecule has 1 fully saturated rings. The second-order valence-electron chi connectivity index (χ2n) is 5.41. The minimum absolute atomic E-state index is 0.192. The van der Waals surface area contributed by atoms with Crippen LogP contribution in [0.15, 0.2) is 29.2 Å². The van der Waals surface area contributed by atoms with Crippen LogP contribution in [0.1, 0.15) is 20.8 Å². The molecular formula is C14H22N2S. The van der Waals surface area contributed by atoms with Crippen LogP contribution in [0.4, 0.5) is 5.69 Å². The molecule has 0 radical (unpaired) electrons. The van der Waals surface area contributed by atoms with Gasteiger partial charge in [0.2, 0.25) is 0 Å². The molecule has 1 atom stereocenters. The van der Waals surface area contributed by atoms with Crippen LogP contribution in [0.5, 0.6) is 0 Å². The molecule has 0 bridgehead atoms. The van der Waals surface area contributed by atoms with Crippen molar-refractivity contribution in [3.8, 4) is 0 Å². The number of hydrogen-bond donors (Lipinski definition) is 1. The van der Waals surface area contributed by atoms with Crippen molar-refractivity contribution in [3.63, 3.8) is 0 Å². The van der Waals surface area contributed by atoms with Crippen molar-refractivity contribution in [1.29, 1.82) is 0 Å². The quantitative estimate of drug-likeness (QED) is 0.812. The molecule has 0 spiro atoms. The van der Waals surface area contributed by atoms with E-state index < -0.39 is 0 Å². The number of para-hydroxylation sites is 1. The number of hydrogen-bond acceptors (Lipinski definition) is 3. The summed E-state index contributed by atoms with van der Waals surface area (Å²) in [4.78, 5) is 3.90. The summed E-state index contributed by atoms with van der Waals surface area (Å²) in [5.41, 5.74) is 1.57. The highest BCUT2D eigenvalue weighted by Gasteiger charge is 2.30. The number of benzene rings is 1. The molecule has 0 saturated carbocycles. The van der Waals surface area contributed by atoms with Gasteiger partial charge >= 0.3 is 0 Å². The Labute approximate surface area is 109 Å². The predicted molar refractivity (Wildman–Crippen MR) is 77.1 cm³/mol. The molecule has 94 valence electrons. The summed E-state index contributed by atoms with van der Waals surface area (Å²) in [6.07, 6.45) is 2.15. The lowest BCUT2D eigenvalue weighted by Crippen LogP contribution is -2.61. The molecule has 1 saturated heterocycles. The van der Waals surface area contributed by atoms with Crippen LogP contribution in [0.25, 0.3) is 0 Å². The minimum Gasteiger partial charge on any atom is -0.365 e. The highest BCUT2D eigenvalue weighted by Crippen LogP contribution is 2.31. The molecule has 2 nitrogen and oxygen atoms in total. The van der Waals surface area contributed by atoms with Gasteiger partial charge in [-0.25, -0.2) is 0 Å². The van der Waals surface area contributed by atoms with Crippen LogP contribution in [-0.4, -0.2) is 30.9 Å². The average molecular weight is 250 g/mol. The van der Waals surface area contributed by atoms with E-state index in [1.165, 1.54) is 10.6 Å². The van der Waals surface area contributed by atoms with Crippen molar-refractivity contribution in [1.82, 2.24) is 5.32 Å². The van der Waals surface area contributed by atoms with Gasteiger partial charge in [0.15, 0.2) is 0 Å². The lowest BCUT2D eigenvalue weighted by Gasteiger charge is -2.45. The van der Waals surface area contributed by atoms with Gasteiger partial charge in [-0.2, -0.15) is 0 Å². The van der Waals surface area contributed by atoms with E-state index in [-0.39, 0.29) is 5.54 Å². The zero-order chi connectivity index (χ0) is 12.5. The van der Waals surface area contributed by atoms with E-state index in [0.29, 0.717) is 6.04 Å². The number of rotatable bonds is 2. The summed E-state index contributed by atoms with van der Waals surface area (Å²) in [6.45, 7) is 8.95. The Morgan fingerprint density at radius 1 is 1.35 bits per heavy atom. The highest BCUT2D eigenvalue weighted by molar-refractivity contribution is 7.98. The normalized spacial score (nSPS) is 23.8. The molecular weight excluding hydrogens is 228 g/mol. The monoisotopic (exact) mass is 250 g/mol. The zero-order valence-electron chi connectivity index (χ0n) is 11.2. The summed E-state index contributed by atoms with van der Waals surface area (Å²) in [5, 5.41) is 3.60. The van der Waals surface area contributed by atoms with Crippen LogP contribution < -0.4 is 10.2 Å². The second kappa shape index (κ2) is 4.91. The third kappa shape index (κ3) is 2.78. The lowest BCUT2D eigenvalue weighted by molar-refractivity contribution is 0.317. The van der Waals surface area contributed by atoms with Crippen LogP contribution in [0.3, 0.4) is 0 Å². The first-order valence-corrected chi connectivity index (χ1v) is 7.41. The van der Waals surface area contributed by atoms with E-state index in [0.717, 1.165) is 13.1 Å². The van der Waals surface area contributed by atoms with Gasteiger partial charge in [0.25, 0.3) is 0 Å². The van der Waals surface area contributed by atoms with Crippen molar-refractivity contribution in [3.05, 3.63) is 24.3 Å². The van der Waals surface area contributed by atoms with Crippen LogP contribution in [-0.2, 0) is 0 Å². The molecule has 1 unspecified atom stereocenters. The van der Waals surface area contributed by atoms with Gasteiger partial charge in [0.1, 0.15) is 0 Å². The van der Waals surface area contributed by atoms with Crippen molar-refractivity contribution < 1.29 is 0 Å². The van der Waals surface area contributed by atoms with Gasteiger partial charge in [0.05, 0.1) is 5.69 Å². The lowest BCUT2D eigenvalue weighted by atomic mass is 9.98. The van der Waals surface area contributed by atoms with Crippen molar-refractivity contribution in [2.24, 2.45) is 0 Å². The Bertz CT molecular complexity index is 390. The van der Waals surface area contributed by atoms with Gasteiger partial charge in [-0.1, -0.05) is 12.1 Å². The van der Waals surface area contributed by atoms with E-state index >= 15 is 0 Å². The average Bonchev–Trinajstić information content (AvgIpc) is 2.32. The van der Waals surface area contributed by atoms with Gasteiger partial charge in [-0.15, -0.1) is 11.8 Å². The van der Waals surface area contributed by atoms with Crippen LogP contribution >= 0.6 is 11.8 Å². The molecule has 1 aliphatic heterocycles. The van der Waals surface area contributed by atoms with E-state index in [2.05, 4.69) is 61.5 Å². The molecule has 1 aromatic carbocycles. The third-order valence-corrected chi connectivity index (χ3v) is 4.15. The summed E-state index contributed by atoms with van der Waals surface area (Å²) in [5.74, 6) is 0. The molecule has 0 amide bonds. The van der Waals surface area contributed by atoms with Crippen molar-refractivity contribution in [2.75, 3.05) is 24.2 Å². The van der Waals surface area contributed by atoms with E-state index in [4.69, 9.17) is 0 Å². The molecule has 17 heavy (non-hydrogen) atoms. The largest absolute Gasteiger partial charge is 0.365 e. The summed E-state index contributed by atoms with van der Waals surface area (Å²) >= 11 is 1.83. The van der Waals surface area contributed by atoms with Gasteiger partial charge in [-0.3, -0.25) is 0 Å². The zero-order valence-corrected chi connectivity index (χ0v) is 12.0. The number of piperazine rings is 1. The number of nitrogens with zero attached hydrogens (tertiary/aromatic N) is 1. The minimum atomic E-state index is 0.192. The maximum absolute atomic E-state index is 3.60. The first kappa shape index (κ1) is 12.8. The predicted octanol–water partition coefficient (Wildman–Crippen LogP) is 2.99. The number of nitrogens with one attached hydrogen (secondary N) is 1. The SMILES string of the molecule is CSc1ccccc1N1CC(C)(C)NCC1C. The van der Waals surface area contributed by atoms with Gasteiger partial charge in [-0.05, 0) is 39.2 Å². The summed E-state index contributed by atoms with van der Waals surface area (Å²) < 4.78 is 0. The Balaban J connectivity index is 2.30. The fourth-order valence-electron chi connectivity index (χ4n) is 2.36. The molecule has 2 rings (SSSR count). The fourth-order valence-corrected chi connectivity index (χ4v) is 2.97. The highest BCUT2D eigenvalue weighted by atomic mass is 32.2. The molecule has 0 aliphatic carbocycles. The first-order valence-electron chi connectivity index (χ1n) is 6.18. The third-order valence-electron chi connectivity index (χ3n) is 3.37. The van der Waals surface area contributed by atoms with Crippen LogP contribution in [0, 0.1) is 0 Å². The van der Waals surface area contributed by atoms with Gasteiger partial charge < -0.3 is 10.2 Å². The Morgan fingerprint density at radius 3 is 2.76 bits per heavy atom. The van der Waals surface area contributed by atoms with Crippen molar-refractivity contribution in [2.45, 2.75) is 37.2 Å². The topological polar surface area (TPSA) is 15.3 Å². The summed E-state index contributed by atoms with van der Waals surface area (Å²) in [6, 6.07) is 9.26.